The summed E-state index contributed by atoms with van der Waals surface area (Å²) in [5.74, 6) is -0.138. The average Bonchev–Trinajstić information content (AvgIpc) is 2.57. The van der Waals surface area contributed by atoms with Crippen molar-refractivity contribution in [1.29, 1.82) is 0 Å². The van der Waals surface area contributed by atoms with Crippen LogP contribution in [0.15, 0.2) is 18.2 Å². The molecule has 1 nitrogen and oxygen atoms in total. The van der Waals surface area contributed by atoms with E-state index in [4.69, 9.17) is 0 Å². The molecule has 2 aromatic rings. The Morgan fingerprint density at radius 3 is 2.43 bits per heavy atom. The van der Waals surface area contributed by atoms with Gasteiger partial charge in [0, 0.05) is 11.1 Å². The first-order valence-corrected chi connectivity index (χ1v) is 4.93. The summed E-state index contributed by atoms with van der Waals surface area (Å²) in [6, 6.07) is 5.67. The molecule has 2 rings (SSSR count). The van der Waals surface area contributed by atoms with Crippen molar-refractivity contribution < 1.29 is 4.39 Å². The maximum Gasteiger partial charge on any atom is 0.150 e. The monoisotopic (exact) mass is 193 g/mol. The summed E-state index contributed by atoms with van der Waals surface area (Å²) in [7, 11) is 0. The SMILES string of the molecule is CC.Cc1cc2ccc(C)c(F)c2[nH]1. The van der Waals surface area contributed by atoms with Gasteiger partial charge in [-0.3, -0.25) is 0 Å². The Kier molecular flexibility index (Phi) is 3.28. The summed E-state index contributed by atoms with van der Waals surface area (Å²) in [5.41, 5.74) is 2.30. The zero-order valence-electron chi connectivity index (χ0n) is 9.11. The van der Waals surface area contributed by atoms with E-state index in [1.165, 1.54) is 0 Å². The predicted molar refractivity (Wildman–Crippen MR) is 59.1 cm³/mol. The lowest BCUT2D eigenvalue weighted by Crippen LogP contribution is -1.82. The number of fused-ring (bicyclic) bond motifs is 1. The molecule has 14 heavy (non-hydrogen) atoms. The second-order valence-corrected chi connectivity index (χ2v) is 3.11. The third-order valence-corrected chi connectivity index (χ3v) is 2.06. The second-order valence-electron chi connectivity index (χ2n) is 3.11. The molecule has 1 aromatic carbocycles. The molecule has 76 valence electrons. The quantitative estimate of drug-likeness (QED) is 0.652. The molecule has 0 bridgehead atoms. The average molecular weight is 193 g/mol. The number of H-pyrrole nitrogens is 1. The Morgan fingerprint density at radius 1 is 1.14 bits per heavy atom. The van der Waals surface area contributed by atoms with Crippen molar-refractivity contribution >= 4 is 10.9 Å². The third-order valence-electron chi connectivity index (χ3n) is 2.06. The maximum absolute atomic E-state index is 13.4. The molecule has 0 radical (unpaired) electrons. The standard InChI is InChI=1S/C10H10FN.C2H6/c1-6-3-4-8-5-7(2)12-10(8)9(6)11;1-2/h3-5,12H,1-2H3;1-2H3. The molecule has 1 N–H and O–H groups in total. The fourth-order valence-corrected chi connectivity index (χ4v) is 1.41. The van der Waals surface area contributed by atoms with E-state index in [1.54, 1.807) is 13.0 Å². The van der Waals surface area contributed by atoms with Crippen LogP contribution in [0.4, 0.5) is 4.39 Å². The summed E-state index contributed by atoms with van der Waals surface area (Å²) < 4.78 is 13.4. The van der Waals surface area contributed by atoms with Crippen LogP contribution in [0.5, 0.6) is 0 Å². The van der Waals surface area contributed by atoms with Crippen LogP contribution in [0.3, 0.4) is 0 Å². The lowest BCUT2D eigenvalue weighted by atomic mass is 10.2. The van der Waals surface area contributed by atoms with Gasteiger partial charge in [-0.1, -0.05) is 26.0 Å². The van der Waals surface area contributed by atoms with Gasteiger partial charge in [0.15, 0.2) is 0 Å². The molecular formula is C12H16FN. The summed E-state index contributed by atoms with van der Waals surface area (Å²) in [6.45, 7) is 7.69. The van der Waals surface area contributed by atoms with E-state index >= 15 is 0 Å². The first kappa shape index (κ1) is 10.8. The third kappa shape index (κ3) is 1.79. The molecule has 1 heterocycles. The van der Waals surface area contributed by atoms with E-state index in [0.29, 0.717) is 11.1 Å². The van der Waals surface area contributed by atoms with Crippen molar-refractivity contribution in [3.63, 3.8) is 0 Å². The minimum atomic E-state index is -0.138. The number of benzene rings is 1. The molecule has 0 amide bonds. The van der Waals surface area contributed by atoms with Crippen molar-refractivity contribution in [3.05, 3.63) is 35.3 Å². The van der Waals surface area contributed by atoms with Gasteiger partial charge in [-0.15, -0.1) is 0 Å². The Morgan fingerprint density at radius 2 is 1.79 bits per heavy atom. The minimum absolute atomic E-state index is 0.138. The smallest absolute Gasteiger partial charge is 0.150 e. The molecular weight excluding hydrogens is 177 g/mol. The maximum atomic E-state index is 13.4. The zero-order valence-corrected chi connectivity index (χ0v) is 9.11. The molecule has 0 saturated heterocycles. The predicted octanol–water partition coefficient (Wildman–Crippen LogP) is 3.95. The van der Waals surface area contributed by atoms with E-state index in [0.717, 1.165) is 11.1 Å². The van der Waals surface area contributed by atoms with Crippen LogP contribution < -0.4 is 0 Å². The number of aromatic amines is 1. The molecule has 0 saturated carbocycles. The van der Waals surface area contributed by atoms with Gasteiger partial charge < -0.3 is 4.98 Å². The van der Waals surface area contributed by atoms with Crippen LogP contribution >= 0.6 is 0 Å². The molecule has 2 heteroatoms. The van der Waals surface area contributed by atoms with Crippen LogP contribution in [0.25, 0.3) is 10.9 Å². The van der Waals surface area contributed by atoms with E-state index in [9.17, 15) is 4.39 Å². The zero-order chi connectivity index (χ0) is 10.7. The van der Waals surface area contributed by atoms with Crippen molar-refractivity contribution in [3.8, 4) is 0 Å². The van der Waals surface area contributed by atoms with Crippen molar-refractivity contribution in [2.24, 2.45) is 0 Å². The first-order valence-electron chi connectivity index (χ1n) is 4.93. The second kappa shape index (κ2) is 4.27. The van der Waals surface area contributed by atoms with Gasteiger partial charge in [-0.25, -0.2) is 4.39 Å². The van der Waals surface area contributed by atoms with Crippen LogP contribution in [0.2, 0.25) is 0 Å². The number of nitrogens with one attached hydrogen (secondary N) is 1. The van der Waals surface area contributed by atoms with Crippen LogP contribution in [-0.2, 0) is 0 Å². The van der Waals surface area contributed by atoms with E-state index < -0.39 is 0 Å². The fraction of sp³-hybridized carbons (Fsp3) is 0.333. The number of halogens is 1. The molecule has 0 fully saturated rings. The Balaban J connectivity index is 0.000000461. The molecule has 1 aromatic heterocycles. The summed E-state index contributed by atoms with van der Waals surface area (Å²) >= 11 is 0. The van der Waals surface area contributed by atoms with Gasteiger partial charge in [0.1, 0.15) is 5.82 Å². The van der Waals surface area contributed by atoms with Crippen molar-refractivity contribution in [2.45, 2.75) is 27.7 Å². The normalized spacial score (nSPS) is 9.79. The highest BCUT2D eigenvalue weighted by molar-refractivity contribution is 5.81. The topological polar surface area (TPSA) is 15.8 Å². The Labute approximate surface area is 84.0 Å². The molecule has 0 atom stereocenters. The highest BCUT2D eigenvalue weighted by Gasteiger charge is 2.05. The van der Waals surface area contributed by atoms with Crippen molar-refractivity contribution in [2.75, 3.05) is 0 Å². The Bertz CT molecular complexity index is 429. The summed E-state index contributed by atoms with van der Waals surface area (Å²) in [5, 5.41) is 0.940. The number of aryl methyl sites for hydroxylation is 2. The molecule has 0 aliphatic carbocycles. The van der Waals surface area contributed by atoms with E-state index in [-0.39, 0.29) is 5.82 Å². The lowest BCUT2D eigenvalue weighted by molar-refractivity contribution is 0.628. The highest BCUT2D eigenvalue weighted by Crippen LogP contribution is 2.20. The number of rotatable bonds is 0. The van der Waals surface area contributed by atoms with E-state index in [2.05, 4.69) is 4.98 Å². The molecule has 0 unspecified atom stereocenters. The Hall–Kier alpha value is -1.31. The number of hydrogen-bond donors (Lipinski definition) is 1. The van der Waals surface area contributed by atoms with Gasteiger partial charge in [0.05, 0.1) is 5.52 Å². The van der Waals surface area contributed by atoms with Gasteiger partial charge >= 0.3 is 0 Å². The van der Waals surface area contributed by atoms with Gasteiger partial charge in [-0.05, 0) is 25.5 Å². The largest absolute Gasteiger partial charge is 0.356 e. The van der Waals surface area contributed by atoms with Gasteiger partial charge in [0.25, 0.3) is 0 Å². The van der Waals surface area contributed by atoms with Crippen LogP contribution in [-0.4, -0.2) is 4.98 Å². The number of aromatic nitrogens is 1. The molecule has 0 spiro atoms. The summed E-state index contributed by atoms with van der Waals surface area (Å²) in [6.07, 6.45) is 0. The van der Waals surface area contributed by atoms with Crippen LogP contribution in [0.1, 0.15) is 25.1 Å². The van der Waals surface area contributed by atoms with Crippen LogP contribution in [0, 0.1) is 19.7 Å². The highest BCUT2D eigenvalue weighted by atomic mass is 19.1. The van der Waals surface area contributed by atoms with E-state index in [1.807, 2.05) is 32.9 Å². The van der Waals surface area contributed by atoms with Gasteiger partial charge in [0.2, 0.25) is 0 Å². The summed E-state index contributed by atoms with van der Waals surface area (Å²) in [4.78, 5) is 2.99. The minimum Gasteiger partial charge on any atom is -0.356 e. The fourth-order valence-electron chi connectivity index (χ4n) is 1.41. The lowest BCUT2D eigenvalue weighted by Gasteiger charge is -1.95. The first-order chi connectivity index (χ1) is 6.68. The molecule has 0 aliphatic heterocycles. The molecule has 0 aliphatic rings. The number of hydrogen-bond acceptors (Lipinski definition) is 0. The van der Waals surface area contributed by atoms with Gasteiger partial charge in [-0.2, -0.15) is 0 Å². The van der Waals surface area contributed by atoms with Crippen molar-refractivity contribution in [1.82, 2.24) is 4.98 Å².